The molecule has 0 saturated carbocycles. The molecule has 1 aromatic heterocycles. The molecule has 2 aromatic rings. The molecule has 144 valence electrons. The highest BCUT2D eigenvalue weighted by Crippen LogP contribution is 2.42. The van der Waals surface area contributed by atoms with Gasteiger partial charge in [0.15, 0.2) is 17.2 Å². The van der Waals surface area contributed by atoms with Crippen LogP contribution >= 0.6 is 11.3 Å². The summed E-state index contributed by atoms with van der Waals surface area (Å²) in [6.45, 7) is 3.46. The lowest BCUT2D eigenvalue weighted by Crippen LogP contribution is -2.44. The number of fused-ring (bicyclic) bond motifs is 1. The lowest BCUT2D eigenvalue weighted by Gasteiger charge is -2.38. The minimum Gasteiger partial charge on any atom is -0.488 e. The molecule has 27 heavy (non-hydrogen) atoms. The first-order valence-corrected chi connectivity index (χ1v) is 9.89. The Bertz CT molecular complexity index is 818. The van der Waals surface area contributed by atoms with Gasteiger partial charge in [0.25, 0.3) is 0 Å². The summed E-state index contributed by atoms with van der Waals surface area (Å²) in [5.74, 6) is -0.629. The number of hydrogen-bond acceptors (Lipinski definition) is 7. The summed E-state index contributed by atoms with van der Waals surface area (Å²) in [5, 5.41) is 10.3. The van der Waals surface area contributed by atoms with Crippen LogP contribution in [0.2, 0.25) is 0 Å². The predicted octanol–water partition coefficient (Wildman–Crippen LogP) is 3.59. The van der Waals surface area contributed by atoms with Crippen LogP contribution in [-0.4, -0.2) is 48.2 Å². The lowest BCUT2D eigenvalue weighted by atomic mass is 10.1. The predicted molar refractivity (Wildman–Crippen MR) is 101 cm³/mol. The van der Waals surface area contributed by atoms with Crippen molar-refractivity contribution in [2.45, 2.75) is 38.5 Å². The minimum absolute atomic E-state index is 0.113. The topological polar surface area (TPSA) is 81.1 Å². The van der Waals surface area contributed by atoms with Gasteiger partial charge in [-0.2, -0.15) is 0 Å². The van der Waals surface area contributed by atoms with Gasteiger partial charge >= 0.3 is 5.97 Å². The van der Waals surface area contributed by atoms with Gasteiger partial charge in [0.1, 0.15) is 12.2 Å². The van der Waals surface area contributed by atoms with Crippen molar-refractivity contribution < 1.29 is 24.1 Å². The summed E-state index contributed by atoms with van der Waals surface area (Å²) in [5.41, 5.74) is 0.856. The highest BCUT2D eigenvalue weighted by atomic mass is 32.1. The molecular formula is C19H22N2O5S. The number of rotatable bonds is 5. The standard InChI is InChI=1S/C19H22N2O5S/c1-12-9-20-19(27-12)21-13(10-25-16-7-2-3-8-24-16)11-26-17-14(18(22)23)5-4-6-15(17)21/h4-6,9,13,16H,2-3,7-8,10-11H2,1H3,(H,22,23). The Morgan fingerprint density at radius 3 is 3.04 bits per heavy atom. The molecule has 3 heterocycles. The molecule has 2 aliphatic rings. The van der Waals surface area contributed by atoms with E-state index in [1.165, 1.54) is 0 Å². The van der Waals surface area contributed by atoms with Gasteiger partial charge in [-0.05, 0) is 38.3 Å². The lowest BCUT2D eigenvalue weighted by molar-refractivity contribution is -0.165. The van der Waals surface area contributed by atoms with E-state index in [1.54, 1.807) is 23.5 Å². The second-order valence-electron chi connectivity index (χ2n) is 6.68. The average Bonchev–Trinajstić information content (AvgIpc) is 3.11. The quantitative estimate of drug-likeness (QED) is 0.835. The SMILES string of the molecule is Cc1cnc(N2c3cccc(C(=O)O)c3OCC2COC2CCCCO2)s1. The van der Waals surface area contributed by atoms with E-state index in [0.29, 0.717) is 24.7 Å². The average molecular weight is 390 g/mol. The number of ether oxygens (including phenoxy) is 3. The van der Waals surface area contributed by atoms with Crippen molar-refractivity contribution in [1.29, 1.82) is 0 Å². The second-order valence-corrected chi connectivity index (χ2v) is 7.89. The molecule has 1 fully saturated rings. The fraction of sp³-hybridized carbons (Fsp3) is 0.474. The number of carboxylic acids is 1. The van der Waals surface area contributed by atoms with E-state index >= 15 is 0 Å². The fourth-order valence-corrected chi connectivity index (χ4v) is 4.23. The number of aromatic nitrogens is 1. The summed E-state index contributed by atoms with van der Waals surface area (Å²) < 4.78 is 17.5. The van der Waals surface area contributed by atoms with E-state index in [-0.39, 0.29) is 17.9 Å². The van der Waals surface area contributed by atoms with Gasteiger partial charge in [0.2, 0.25) is 0 Å². The molecule has 1 aromatic carbocycles. The summed E-state index contributed by atoms with van der Waals surface area (Å²) >= 11 is 1.56. The zero-order chi connectivity index (χ0) is 18.8. The number of nitrogens with zero attached hydrogens (tertiary/aromatic N) is 2. The fourth-order valence-electron chi connectivity index (χ4n) is 3.38. The molecule has 0 spiro atoms. The monoisotopic (exact) mass is 390 g/mol. The van der Waals surface area contributed by atoms with E-state index in [4.69, 9.17) is 14.2 Å². The normalized spacial score (nSPS) is 22.2. The number of para-hydroxylation sites is 1. The Labute approximate surface area is 161 Å². The largest absolute Gasteiger partial charge is 0.488 e. The molecule has 2 atom stereocenters. The summed E-state index contributed by atoms with van der Waals surface area (Å²) in [4.78, 5) is 19.2. The van der Waals surface area contributed by atoms with E-state index in [1.807, 2.05) is 24.1 Å². The van der Waals surface area contributed by atoms with Gasteiger partial charge in [-0.15, -0.1) is 11.3 Å². The van der Waals surface area contributed by atoms with Crippen LogP contribution in [0.1, 0.15) is 34.5 Å². The van der Waals surface area contributed by atoms with E-state index < -0.39 is 5.97 Å². The van der Waals surface area contributed by atoms with E-state index in [2.05, 4.69) is 4.98 Å². The third-order valence-electron chi connectivity index (χ3n) is 4.70. The maximum Gasteiger partial charge on any atom is 0.339 e. The number of anilines is 2. The Hall–Kier alpha value is -2.16. The Balaban J connectivity index is 1.63. The Kier molecular flexibility index (Phi) is 5.29. The number of aryl methyl sites for hydroxylation is 1. The maximum absolute atomic E-state index is 11.6. The molecule has 2 unspecified atom stereocenters. The summed E-state index contributed by atoms with van der Waals surface area (Å²) in [7, 11) is 0. The van der Waals surface area contributed by atoms with Crippen LogP contribution < -0.4 is 9.64 Å². The molecule has 8 heteroatoms. The Morgan fingerprint density at radius 1 is 1.44 bits per heavy atom. The Morgan fingerprint density at radius 2 is 2.33 bits per heavy atom. The van der Waals surface area contributed by atoms with Crippen molar-refractivity contribution in [3.8, 4) is 5.75 Å². The first kappa shape index (κ1) is 18.2. The molecule has 7 nitrogen and oxygen atoms in total. The number of thiazole rings is 1. The summed E-state index contributed by atoms with van der Waals surface area (Å²) in [6, 6.07) is 5.03. The molecule has 1 N–H and O–H groups in total. The third kappa shape index (κ3) is 3.78. The van der Waals surface area contributed by atoms with Crippen LogP contribution in [0.5, 0.6) is 5.75 Å². The molecule has 0 aliphatic carbocycles. The van der Waals surface area contributed by atoms with E-state index in [9.17, 15) is 9.90 Å². The first-order chi connectivity index (χ1) is 13.1. The molecule has 0 bridgehead atoms. The van der Waals surface area contributed by atoms with Gasteiger partial charge in [-0.25, -0.2) is 9.78 Å². The summed E-state index contributed by atoms with van der Waals surface area (Å²) in [6.07, 6.45) is 4.70. The minimum atomic E-state index is -1.01. The molecule has 0 radical (unpaired) electrons. The van der Waals surface area contributed by atoms with Crippen molar-refractivity contribution in [3.05, 3.63) is 34.8 Å². The molecule has 2 aliphatic heterocycles. The third-order valence-corrected chi connectivity index (χ3v) is 5.61. The second kappa shape index (κ2) is 7.84. The van der Waals surface area contributed by atoms with E-state index in [0.717, 1.165) is 35.9 Å². The van der Waals surface area contributed by atoms with Gasteiger partial charge in [0.05, 0.1) is 18.3 Å². The zero-order valence-corrected chi connectivity index (χ0v) is 15.9. The van der Waals surface area contributed by atoms with Crippen molar-refractivity contribution in [2.75, 3.05) is 24.7 Å². The molecular weight excluding hydrogens is 368 g/mol. The first-order valence-electron chi connectivity index (χ1n) is 9.07. The maximum atomic E-state index is 11.6. The number of hydrogen-bond donors (Lipinski definition) is 1. The number of carboxylic acid groups (broad SMARTS) is 1. The van der Waals surface area contributed by atoms with Crippen LogP contribution in [0, 0.1) is 6.92 Å². The van der Waals surface area contributed by atoms with Gasteiger partial charge in [-0.1, -0.05) is 6.07 Å². The van der Waals surface area contributed by atoms with Crippen molar-refractivity contribution in [2.24, 2.45) is 0 Å². The van der Waals surface area contributed by atoms with Crippen LogP contribution in [-0.2, 0) is 9.47 Å². The molecule has 4 rings (SSSR count). The number of aromatic carboxylic acids is 1. The zero-order valence-electron chi connectivity index (χ0n) is 15.1. The van der Waals surface area contributed by atoms with Crippen LogP contribution in [0.3, 0.4) is 0 Å². The highest BCUT2D eigenvalue weighted by Gasteiger charge is 2.34. The van der Waals surface area contributed by atoms with Crippen LogP contribution in [0.4, 0.5) is 10.8 Å². The highest BCUT2D eigenvalue weighted by molar-refractivity contribution is 7.15. The molecule has 0 amide bonds. The smallest absolute Gasteiger partial charge is 0.339 e. The number of benzene rings is 1. The molecule has 1 saturated heterocycles. The van der Waals surface area contributed by atoms with Crippen LogP contribution in [0.25, 0.3) is 0 Å². The van der Waals surface area contributed by atoms with Gasteiger partial charge < -0.3 is 24.2 Å². The van der Waals surface area contributed by atoms with Crippen LogP contribution in [0.15, 0.2) is 24.4 Å². The van der Waals surface area contributed by atoms with Crippen molar-refractivity contribution >= 4 is 28.1 Å². The van der Waals surface area contributed by atoms with Gasteiger partial charge in [0, 0.05) is 17.7 Å². The van der Waals surface area contributed by atoms with Gasteiger partial charge in [-0.3, -0.25) is 0 Å². The van der Waals surface area contributed by atoms with Crippen molar-refractivity contribution in [1.82, 2.24) is 4.98 Å². The number of carbonyl (C=O) groups is 1. The van der Waals surface area contributed by atoms with Crippen molar-refractivity contribution in [3.63, 3.8) is 0 Å².